The van der Waals surface area contributed by atoms with Crippen molar-refractivity contribution < 1.29 is 4.74 Å². The number of aryl methyl sites for hydroxylation is 2. The number of nitrogens with zero attached hydrogens (tertiary/aromatic N) is 2. The summed E-state index contributed by atoms with van der Waals surface area (Å²) < 4.78 is 6.17. The summed E-state index contributed by atoms with van der Waals surface area (Å²) in [5.41, 5.74) is 5.43. The topological polar surface area (TPSA) is 47.0 Å². The average Bonchev–Trinajstić information content (AvgIpc) is 2.65. The second-order valence-corrected chi connectivity index (χ2v) is 7.05. The van der Waals surface area contributed by atoms with Crippen molar-refractivity contribution in [3.63, 3.8) is 0 Å². The number of nitrogens with one attached hydrogen (secondary N) is 1. The van der Waals surface area contributed by atoms with Gasteiger partial charge in [0.2, 0.25) is 0 Å². The Labute approximate surface area is 158 Å². The van der Waals surface area contributed by atoms with Gasteiger partial charge in [-0.2, -0.15) is 0 Å². The number of hydrogen-bond acceptors (Lipinski definition) is 4. The number of anilines is 1. The second-order valence-electron chi connectivity index (χ2n) is 7.05. The van der Waals surface area contributed by atoms with Crippen LogP contribution in [0, 0.1) is 6.92 Å². The van der Waals surface area contributed by atoms with Crippen molar-refractivity contribution in [1.82, 2.24) is 9.97 Å². The summed E-state index contributed by atoms with van der Waals surface area (Å²) in [6, 6.07) is 6.38. The summed E-state index contributed by atoms with van der Waals surface area (Å²) in [7, 11) is 1.89. The Morgan fingerprint density at radius 2 is 1.77 bits per heavy atom. The fourth-order valence-electron chi connectivity index (χ4n) is 3.09. The molecule has 142 valence electrons. The van der Waals surface area contributed by atoms with Gasteiger partial charge in [-0.3, -0.25) is 4.98 Å². The average molecular weight is 356 g/mol. The summed E-state index contributed by atoms with van der Waals surface area (Å²) >= 11 is 0. The third kappa shape index (κ3) is 4.35. The molecule has 1 N–H and O–H groups in total. The lowest BCUT2D eigenvalue weighted by Crippen LogP contribution is -2.15. The van der Waals surface area contributed by atoms with Crippen molar-refractivity contribution in [1.29, 1.82) is 0 Å². The van der Waals surface area contributed by atoms with Crippen LogP contribution in [0.15, 0.2) is 18.2 Å². The van der Waals surface area contributed by atoms with E-state index in [4.69, 9.17) is 14.7 Å². The molecule has 2 aromatic heterocycles. The molecule has 2 heterocycles. The Morgan fingerprint density at radius 1 is 1.08 bits per heavy atom. The molecule has 0 atom stereocenters. The van der Waals surface area contributed by atoms with E-state index in [0.29, 0.717) is 5.92 Å². The number of pyridine rings is 2. The standard InChI is InChI=1S/C22H33N3O/c1-8-16(9-2)26-20-13-15(6)21(25-22(20)23-7)17-11-12-19(14(4)5)24-18(17)10-3/h11-14,16H,8-10H2,1-7H3,(H,23,25). The van der Waals surface area contributed by atoms with Gasteiger partial charge < -0.3 is 10.1 Å². The highest BCUT2D eigenvalue weighted by Gasteiger charge is 2.17. The lowest BCUT2D eigenvalue weighted by molar-refractivity contribution is 0.193. The quantitative estimate of drug-likeness (QED) is 0.655. The van der Waals surface area contributed by atoms with E-state index in [2.05, 4.69) is 65.1 Å². The molecule has 0 amide bonds. The lowest BCUT2D eigenvalue weighted by atomic mass is 10.0. The van der Waals surface area contributed by atoms with E-state index in [-0.39, 0.29) is 6.10 Å². The maximum absolute atomic E-state index is 6.17. The van der Waals surface area contributed by atoms with Crippen LogP contribution in [-0.4, -0.2) is 23.1 Å². The third-order valence-corrected chi connectivity index (χ3v) is 4.80. The molecule has 0 saturated carbocycles. The lowest BCUT2D eigenvalue weighted by Gasteiger charge is -2.20. The minimum atomic E-state index is 0.215. The third-order valence-electron chi connectivity index (χ3n) is 4.80. The van der Waals surface area contributed by atoms with Crippen molar-refractivity contribution in [2.75, 3.05) is 12.4 Å². The smallest absolute Gasteiger partial charge is 0.169 e. The first-order valence-corrected chi connectivity index (χ1v) is 9.81. The number of rotatable bonds is 8. The molecule has 0 bridgehead atoms. The zero-order valence-corrected chi connectivity index (χ0v) is 17.3. The van der Waals surface area contributed by atoms with Crippen LogP contribution in [0.25, 0.3) is 11.3 Å². The highest BCUT2D eigenvalue weighted by atomic mass is 16.5. The molecule has 2 rings (SSSR count). The minimum Gasteiger partial charge on any atom is -0.487 e. The van der Waals surface area contributed by atoms with Gasteiger partial charge in [0.05, 0.1) is 11.8 Å². The maximum atomic E-state index is 6.17. The van der Waals surface area contributed by atoms with Crippen LogP contribution < -0.4 is 10.1 Å². The molecule has 0 spiro atoms. The van der Waals surface area contributed by atoms with E-state index in [9.17, 15) is 0 Å². The first-order chi connectivity index (χ1) is 12.4. The molecule has 2 aromatic rings. The molecule has 4 heteroatoms. The predicted octanol–water partition coefficient (Wildman–Crippen LogP) is 5.75. The molecule has 0 aliphatic rings. The molecule has 0 radical (unpaired) electrons. The summed E-state index contributed by atoms with van der Waals surface area (Å²) in [4.78, 5) is 9.76. The molecule has 4 nitrogen and oxygen atoms in total. The highest BCUT2D eigenvalue weighted by Crippen LogP contribution is 2.33. The van der Waals surface area contributed by atoms with Crippen LogP contribution in [-0.2, 0) is 6.42 Å². The number of aromatic nitrogens is 2. The Morgan fingerprint density at radius 3 is 2.31 bits per heavy atom. The van der Waals surface area contributed by atoms with Gasteiger partial charge in [0.25, 0.3) is 0 Å². The monoisotopic (exact) mass is 355 g/mol. The van der Waals surface area contributed by atoms with E-state index in [1.165, 1.54) is 0 Å². The van der Waals surface area contributed by atoms with Crippen molar-refractivity contribution in [2.45, 2.75) is 72.8 Å². The van der Waals surface area contributed by atoms with Crippen molar-refractivity contribution in [3.8, 4) is 17.0 Å². The van der Waals surface area contributed by atoms with E-state index in [1.807, 2.05) is 7.05 Å². The van der Waals surface area contributed by atoms with E-state index in [1.54, 1.807) is 0 Å². The van der Waals surface area contributed by atoms with Crippen LogP contribution in [0.1, 0.15) is 70.3 Å². The van der Waals surface area contributed by atoms with Gasteiger partial charge in [0, 0.05) is 24.0 Å². The molecule has 0 aliphatic carbocycles. The largest absolute Gasteiger partial charge is 0.487 e. The number of ether oxygens (including phenoxy) is 1. The first kappa shape index (κ1) is 20.2. The van der Waals surface area contributed by atoms with E-state index >= 15 is 0 Å². The van der Waals surface area contributed by atoms with E-state index < -0.39 is 0 Å². The summed E-state index contributed by atoms with van der Waals surface area (Å²) in [5, 5.41) is 3.20. The van der Waals surface area contributed by atoms with E-state index in [0.717, 1.165) is 59.0 Å². The highest BCUT2D eigenvalue weighted by molar-refractivity contribution is 5.70. The molecular weight excluding hydrogens is 322 g/mol. The molecule has 0 aromatic carbocycles. The van der Waals surface area contributed by atoms with Crippen LogP contribution in [0.3, 0.4) is 0 Å². The first-order valence-electron chi connectivity index (χ1n) is 9.81. The van der Waals surface area contributed by atoms with Gasteiger partial charge in [-0.05, 0) is 55.9 Å². The minimum absolute atomic E-state index is 0.215. The molecular formula is C22H33N3O. The van der Waals surface area contributed by atoms with Gasteiger partial charge in [0.1, 0.15) is 0 Å². The van der Waals surface area contributed by atoms with Gasteiger partial charge >= 0.3 is 0 Å². The van der Waals surface area contributed by atoms with Gasteiger partial charge in [0.15, 0.2) is 11.6 Å². The van der Waals surface area contributed by atoms with Crippen molar-refractivity contribution in [3.05, 3.63) is 35.2 Å². The van der Waals surface area contributed by atoms with Gasteiger partial charge in [-0.15, -0.1) is 0 Å². The molecule has 0 aliphatic heterocycles. The molecule has 0 unspecified atom stereocenters. The Kier molecular flexibility index (Phi) is 7.01. The second kappa shape index (κ2) is 9.02. The van der Waals surface area contributed by atoms with Gasteiger partial charge in [-0.1, -0.05) is 34.6 Å². The molecule has 26 heavy (non-hydrogen) atoms. The normalized spacial score (nSPS) is 11.3. The van der Waals surface area contributed by atoms with Crippen LogP contribution in [0.4, 0.5) is 5.82 Å². The zero-order chi connectivity index (χ0) is 19.3. The Balaban J connectivity index is 2.51. The SMILES string of the molecule is CCc1nc(C(C)C)ccc1-c1nc(NC)c(OC(CC)CC)cc1C. The van der Waals surface area contributed by atoms with Crippen molar-refractivity contribution in [2.24, 2.45) is 0 Å². The maximum Gasteiger partial charge on any atom is 0.169 e. The van der Waals surface area contributed by atoms with Crippen LogP contribution in [0.2, 0.25) is 0 Å². The van der Waals surface area contributed by atoms with Crippen LogP contribution in [0.5, 0.6) is 5.75 Å². The Hall–Kier alpha value is -2.10. The zero-order valence-electron chi connectivity index (χ0n) is 17.3. The fraction of sp³-hybridized carbons (Fsp3) is 0.545. The van der Waals surface area contributed by atoms with Gasteiger partial charge in [-0.25, -0.2) is 4.98 Å². The summed E-state index contributed by atoms with van der Waals surface area (Å²) in [6.07, 6.45) is 3.08. The summed E-state index contributed by atoms with van der Waals surface area (Å²) in [5.74, 6) is 2.03. The Bertz CT molecular complexity index is 736. The predicted molar refractivity (Wildman–Crippen MR) is 110 cm³/mol. The van der Waals surface area contributed by atoms with Crippen molar-refractivity contribution >= 4 is 5.82 Å². The van der Waals surface area contributed by atoms with Crippen LogP contribution >= 0.6 is 0 Å². The number of hydrogen-bond donors (Lipinski definition) is 1. The molecule has 0 fully saturated rings. The summed E-state index contributed by atoms with van der Waals surface area (Å²) in [6.45, 7) is 12.9. The fourth-order valence-corrected chi connectivity index (χ4v) is 3.09. The molecule has 0 saturated heterocycles.